The van der Waals surface area contributed by atoms with E-state index in [0.29, 0.717) is 43.7 Å². The lowest BCUT2D eigenvalue weighted by Crippen LogP contribution is -2.21. The van der Waals surface area contributed by atoms with Gasteiger partial charge in [0.1, 0.15) is 17.2 Å². The molecule has 0 bridgehead atoms. The Kier molecular flexibility index (Phi) is 17.6. The van der Waals surface area contributed by atoms with E-state index in [0.717, 1.165) is 100 Å². The van der Waals surface area contributed by atoms with Gasteiger partial charge in [0.25, 0.3) is 0 Å². The van der Waals surface area contributed by atoms with Crippen LogP contribution in [0.5, 0.6) is 17.2 Å². The van der Waals surface area contributed by atoms with Gasteiger partial charge in [-0.15, -0.1) is 0 Å². The number of phenolic OH excluding ortho intramolecular Hbond substituents is 1. The van der Waals surface area contributed by atoms with Crippen LogP contribution in [0.2, 0.25) is 0 Å². The number of esters is 2. The van der Waals surface area contributed by atoms with E-state index >= 15 is 0 Å². The molecule has 9 nitrogen and oxygen atoms in total. The van der Waals surface area contributed by atoms with Gasteiger partial charge in [0.2, 0.25) is 0 Å². The third-order valence-corrected chi connectivity index (χ3v) is 15.5. The van der Waals surface area contributed by atoms with Crippen molar-refractivity contribution in [2.24, 2.45) is 0 Å². The van der Waals surface area contributed by atoms with Crippen molar-refractivity contribution in [1.82, 2.24) is 0 Å². The van der Waals surface area contributed by atoms with E-state index in [-0.39, 0.29) is 44.4 Å². The molecular weight excluding hydrogens is 1030 g/mol. The molecule has 0 saturated carbocycles. The van der Waals surface area contributed by atoms with E-state index in [1.54, 1.807) is 0 Å². The number of phenols is 1. The second kappa shape index (κ2) is 23.4. The van der Waals surface area contributed by atoms with Crippen molar-refractivity contribution in [3.05, 3.63) is 158 Å². The molecule has 6 aromatic carbocycles. The third-order valence-electron chi connectivity index (χ3n) is 15.5. The van der Waals surface area contributed by atoms with Crippen LogP contribution in [0.4, 0.5) is 0 Å². The number of hydrogen-bond acceptors (Lipinski definition) is 9. The molecule has 83 heavy (non-hydrogen) atoms. The topological polar surface area (TPSA) is 110 Å². The lowest BCUT2D eigenvalue weighted by molar-refractivity contribution is -0.133. The van der Waals surface area contributed by atoms with Crippen LogP contribution in [0.1, 0.15) is 218 Å². The zero-order chi connectivity index (χ0) is 60.9. The van der Waals surface area contributed by atoms with Gasteiger partial charge in [-0.1, -0.05) is 185 Å². The van der Waals surface area contributed by atoms with Crippen LogP contribution in [0.25, 0.3) is 57.7 Å². The monoisotopic (exact) mass is 1120 g/mol. The molecule has 2 aliphatic rings. The van der Waals surface area contributed by atoms with Crippen molar-refractivity contribution in [1.29, 1.82) is 0 Å². The van der Waals surface area contributed by atoms with Crippen LogP contribution in [0.15, 0.2) is 91.0 Å². The molecule has 2 aliphatic heterocycles. The Morgan fingerprint density at radius 3 is 1.06 bits per heavy atom. The summed E-state index contributed by atoms with van der Waals surface area (Å²) >= 11 is 0. The summed E-state index contributed by atoms with van der Waals surface area (Å²) in [6.45, 7) is 43.5. The lowest BCUT2D eigenvalue weighted by atomic mass is 9.77. The first-order chi connectivity index (χ1) is 38.5. The summed E-state index contributed by atoms with van der Waals surface area (Å²) in [7, 11) is 0. The predicted octanol–water partition coefficient (Wildman–Crippen LogP) is 18.5. The number of ether oxygens (including phenoxy) is 6. The molecule has 0 unspecified atom stereocenters. The molecule has 0 aliphatic carbocycles. The quantitative estimate of drug-likeness (QED) is 0.0770. The first kappa shape index (κ1) is 62.4. The fourth-order valence-electron chi connectivity index (χ4n) is 11.0. The average molecular weight is 1120 g/mol. The second-order valence-corrected chi connectivity index (χ2v) is 28.8. The summed E-state index contributed by atoms with van der Waals surface area (Å²) in [6.07, 6.45) is 7.55. The Balaban J connectivity index is 1.33. The molecule has 0 radical (unpaired) electrons. The molecule has 6 aromatic rings. The molecule has 2 saturated heterocycles. The minimum absolute atomic E-state index is 0.325. The molecule has 440 valence electrons. The minimum atomic E-state index is -0.551. The van der Waals surface area contributed by atoms with Crippen LogP contribution in [-0.2, 0) is 61.0 Å². The first-order valence-electron chi connectivity index (χ1n) is 29.4. The molecule has 0 aromatic heterocycles. The molecule has 8 rings (SSSR count). The van der Waals surface area contributed by atoms with E-state index in [1.165, 1.54) is 13.8 Å². The number of carbonyl (C=O) groups is 2. The zero-order valence-corrected chi connectivity index (χ0v) is 53.2. The maximum atomic E-state index is 12.6. The fraction of sp³-hybridized carbons (Fsp3) is 0.432. The SMILES string of the molecule is CC(=O)Oc1c(C(C)(C)C)cc(-c2ccc(C3OCCO3)c(/C=C/c3ccc(-c4cc(C(C)(C)C)c(O)c(C(C)(C)C)c4)c(/C=C/c4cc(-c5cc(C(C)(C)C)c(OC(C)=O)c(C(C)(C)C)c5)ccc4C4OCCO4)c3)c2)cc1C(C)(C)C. The molecule has 1 N–H and O–H groups in total. The Labute approximate surface area is 495 Å². The van der Waals surface area contributed by atoms with Gasteiger partial charge in [-0.3, -0.25) is 9.59 Å². The highest BCUT2D eigenvalue weighted by atomic mass is 16.7. The lowest BCUT2D eigenvalue weighted by Gasteiger charge is -2.30. The Bertz CT molecular complexity index is 3370. The minimum Gasteiger partial charge on any atom is -0.507 e. The molecular formula is C74H90O9. The van der Waals surface area contributed by atoms with Gasteiger partial charge in [-0.2, -0.15) is 0 Å². The van der Waals surface area contributed by atoms with E-state index in [4.69, 9.17) is 28.4 Å². The zero-order valence-electron chi connectivity index (χ0n) is 53.2. The van der Waals surface area contributed by atoms with Crippen LogP contribution < -0.4 is 9.47 Å². The van der Waals surface area contributed by atoms with Gasteiger partial charge in [0.15, 0.2) is 12.6 Å². The second-order valence-electron chi connectivity index (χ2n) is 28.8. The van der Waals surface area contributed by atoms with Crippen LogP contribution in [0, 0.1) is 0 Å². The van der Waals surface area contributed by atoms with Gasteiger partial charge in [0.05, 0.1) is 26.4 Å². The molecule has 0 spiro atoms. The molecule has 9 heteroatoms. The molecule has 2 heterocycles. The Morgan fingerprint density at radius 2 is 0.723 bits per heavy atom. The summed E-state index contributed by atoms with van der Waals surface area (Å²) in [5.41, 5.74) is 15.2. The third kappa shape index (κ3) is 14.3. The summed E-state index contributed by atoms with van der Waals surface area (Å²) in [5, 5.41) is 11.9. The summed E-state index contributed by atoms with van der Waals surface area (Å²) in [6, 6.07) is 32.4. The van der Waals surface area contributed by atoms with Crippen molar-refractivity contribution in [3.8, 4) is 50.6 Å². The van der Waals surface area contributed by atoms with E-state index in [1.807, 2.05) is 0 Å². The van der Waals surface area contributed by atoms with Crippen LogP contribution >= 0.6 is 0 Å². The number of rotatable bonds is 11. The van der Waals surface area contributed by atoms with Gasteiger partial charge in [-0.25, -0.2) is 0 Å². The predicted molar refractivity (Wildman–Crippen MR) is 339 cm³/mol. The van der Waals surface area contributed by atoms with Crippen molar-refractivity contribution in [2.45, 2.75) is 184 Å². The smallest absolute Gasteiger partial charge is 0.308 e. The van der Waals surface area contributed by atoms with Gasteiger partial charge < -0.3 is 33.5 Å². The number of carbonyl (C=O) groups excluding carboxylic acids is 2. The van der Waals surface area contributed by atoms with Crippen LogP contribution in [0.3, 0.4) is 0 Å². The van der Waals surface area contributed by atoms with E-state index < -0.39 is 12.6 Å². The summed E-state index contributed by atoms with van der Waals surface area (Å²) in [4.78, 5) is 25.2. The van der Waals surface area contributed by atoms with E-state index in [2.05, 4.69) is 240 Å². The molecule has 0 atom stereocenters. The normalized spacial score (nSPS) is 15.3. The largest absolute Gasteiger partial charge is 0.507 e. The maximum absolute atomic E-state index is 12.6. The van der Waals surface area contributed by atoms with Crippen molar-refractivity contribution in [2.75, 3.05) is 26.4 Å². The molecule has 2 fully saturated rings. The van der Waals surface area contributed by atoms with Crippen LogP contribution in [-0.4, -0.2) is 43.5 Å². The highest BCUT2D eigenvalue weighted by Crippen LogP contribution is 2.47. The highest BCUT2D eigenvalue weighted by Gasteiger charge is 2.33. The van der Waals surface area contributed by atoms with Crippen molar-refractivity contribution >= 4 is 36.2 Å². The highest BCUT2D eigenvalue weighted by molar-refractivity contribution is 5.87. The standard InChI is InChI=1S/C74H90O9/c1-44(75)82-65-60(71(9,10)11)38-52(39-61(65)72(12,13)14)47-26-29-56(67-78-31-32-79-67)50(36-47)23-21-46-22-28-55(54-42-58(69(3,4)5)64(77)59(43-54)70(6,7)8)49(35-46)24-25-51-37-48(27-30-57(51)68-80-33-34-81-68)53-40-62(73(15,16)17)66(83-45(2)76)63(41-53)74(18,19)20/h21-30,35-43,67-68,77H,31-34H2,1-20H3/b23-21+,25-24+. The molecule has 0 amide bonds. The van der Waals surface area contributed by atoms with Gasteiger partial charge in [-0.05, 0) is 143 Å². The number of hydrogen-bond donors (Lipinski definition) is 1. The number of aromatic hydroxyl groups is 1. The number of benzene rings is 6. The Hall–Kier alpha value is -6.62. The summed E-state index contributed by atoms with van der Waals surface area (Å²) in [5.74, 6) is 0.865. The summed E-state index contributed by atoms with van der Waals surface area (Å²) < 4.78 is 36.8. The van der Waals surface area contributed by atoms with Crippen molar-refractivity contribution < 1.29 is 43.1 Å². The Morgan fingerprint density at radius 1 is 0.398 bits per heavy atom. The van der Waals surface area contributed by atoms with Gasteiger partial charge >= 0.3 is 11.9 Å². The average Bonchev–Trinajstić information content (AvgIpc) is 4.13. The van der Waals surface area contributed by atoms with Crippen molar-refractivity contribution in [3.63, 3.8) is 0 Å². The fourth-order valence-corrected chi connectivity index (χ4v) is 11.0. The maximum Gasteiger partial charge on any atom is 0.308 e. The van der Waals surface area contributed by atoms with E-state index in [9.17, 15) is 14.7 Å². The van der Waals surface area contributed by atoms with Gasteiger partial charge in [0, 0.05) is 58.4 Å². The first-order valence-corrected chi connectivity index (χ1v) is 29.4.